The number of nitrogens with one attached hydrogen (secondary N) is 2. The highest BCUT2D eigenvalue weighted by Crippen LogP contribution is 2.21. The lowest BCUT2D eigenvalue weighted by atomic mass is 10.1. The monoisotopic (exact) mass is 650 g/mol. The molecule has 0 aliphatic heterocycles. The number of carbonyl (C=O) groups excluding carboxylic acids is 1. The van der Waals surface area contributed by atoms with Gasteiger partial charge in [0, 0.05) is 56.4 Å². The summed E-state index contributed by atoms with van der Waals surface area (Å²) in [6.07, 6.45) is 0. The summed E-state index contributed by atoms with van der Waals surface area (Å²) in [6.45, 7) is -1.35. The highest BCUT2D eigenvalue weighted by molar-refractivity contribution is 5.95. The zero-order valence-corrected chi connectivity index (χ0v) is 25.2. The van der Waals surface area contributed by atoms with Crippen molar-refractivity contribution in [2.45, 2.75) is 6.92 Å². The molecule has 1 aromatic carbocycles. The van der Waals surface area contributed by atoms with Crippen LogP contribution in [0.15, 0.2) is 29.1 Å². The van der Waals surface area contributed by atoms with E-state index in [2.05, 4.69) is 10.3 Å². The number of H-pyrrole nitrogens is 1. The third-order valence-corrected chi connectivity index (χ3v) is 6.69. The number of carboxylic acid groups (broad SMARTS) is 5. The third kappa shape index (κ3) is 14.2. The van der Waals surface area contributed by atoms with Crippen molar-refractivity contribution in [3.63, 3.8) is 0 Å². The smallest absolute Gasteiger partial charge is 0.317 e. The summed E-state index contributed by atoms with van der Waals surface area (Å²) in [5.74, 6) is -6.71. The van der Waals surface area contributed by atoms with E-state index in [4.69, 9.17) is 10.2 Å². The van der Waals surface area contributed by atoms with Gasteiger partial charge in [-0.05, 0) is 30.7 Å². The van der Waals surface area contributed by atoms with Crippen molar-refractivity contribution in [1.29, 1.82) is 0 Å². The Morgan fingerprint density at radius 3 is 1.43 bits per heavy atom. The molecule has 1 aromatic heterocycles. The van der Waals surface area contributed by atoms with Gasteiger partial charge < -0.3 is 35.8 Å². The molecule has 1 heterocycles. The number of carboxylic acids is 5. The average Bonchev–Trinajstić information content (AvgIpc) is 2.90. The van der Waals surface area contributed by atoms with Crippen molar-refractivity contribution in [1.82, 2.24) is 24.6 Å². The number of aromatic nitrogens is 1. The summed E-state index contributed by atoms with van der Waals surface area (Å²) >= 11 is 0. The van der Waals surface area contributed by atoms with E-state index in [0.717, 1.165) is 15.8 Å². The van der Waals surface area contributed by atoms with Crippen LogP contribution in [0.1, 0.15) is 5.56 Å². The molecule has 0 bridgehead atoms. The molecule has 0 fully saturated rings. The molecule has 1 amide bonds. The normalized spacial score (nSPS) is 11.4. The van der Waals surface area contributed by atoms with E-state index in [1.807, 2.05) is 0 Å². The Balaban J connectivity index is 2.07. The number of hydrogen-bond donors (Lipinski definition) is 7. The van der Waals surface area contributed by atoms with Gasteiger partial charge in [-0.15, -0.1) is 0 Å². The number of carbonyl (C=O) groups is 6. The Morgan fingerprint density at radius 2 is 1.00 bits per heavy atom. The highest BCUT2D eigenvalue weighted by atomic mass is 16.4. The maximum atomic E-state index is 12.9. The molecule has 0 unspecified atom stereocenters. The van der Waals surface area contributed by atoms with Crippen LogP contribution < -0.4 is 10.9 Å². The number of benzene rings is 1. The first kappa shape index (κ1) is 37.3. The van der Waals surface area contributed by atoms with Crippen LogP contribution in [0.2, 0.25) is 0 Å². The minimum absolute atomic E-state index is 0.00571. The molecule has 0 radical (unpaired) electrons. The highest BCUT2D eigenvalue weighted by Gasteiger charge is 2.20. The van der Waals surface area contributed by atoms with Crippen molar-refractivity contribution in [3.8, 4) is 0 Å². The zero-order valence-electron chi connectivity index (χ0n) is 25.2. The fourth-order valence-corrected chi connectivity index (χ4v) is 4.71. The SMILES string of the molecule is Cc1cc(NC(=O)CN(CCN(CCN(CCN(CC(=O)O)CC(=O)O)CC(=O)O)CC(=O)O)CC(=O)O)cc2[nH]c(=O)ccc12. The lowest BCUT2D eigenvalue weighted by Crippen LogP contribution is -2.46. The van der Waals surface area contributed by atoms with Gasteiger partial charge >= 0.3 is 29.8 Å². The number of amides is 1. The number of nitrogens with zero attached hydrogens (tertiary/aromatic N) is 4. The van der Waals surface area contributed by atoms with Crippen molar-refractivity contribution < 1.29 is 54.3 Å². The molecule has 0 aliphatic rings. The molecule has 0 saturated carbocycles. The molecule has 7 N–H and O–H groups in total. The fraction of sp³-hybridized carbons (Fsp3) is 0.464. The predicted molar refractivity (Wildman–Crippen MR) is 162 cm³/mol. The molecule has 0 saturated heterocycles. The molecular formula is C28H38N6O12. The Bertz CT molecular complexity index is 1460. The number of aryl methyl sites for hydroxylation is 1. The lowest BCUT2D eigenvalue weighted by Gasteiger charge is -2.29. The number of aliphatic carboxylic acids is 5. The first-order chi connectivity index (χ1) is 21.6. The van der Waals surface area contributed by atoms with Gasteiger partial charge in [-0.25, -0.2) is 0 Å². The van der Waals surface area contributed by atoms with E-state index in [9.17, 15) is 48.9 Å². The van der Waals surface area contributed by atoms with Crippen molar-refractivity contribution >= 4 is 52.3 Å². The molecule has 2 aromatic rings. The second-order valence-electron chi connectivity index (χ2n) is 10.6. The number of aromatic amines is 1. The van der Waals surface area contributed by atoms with Crippen molar-refractivity contribution in [3.05, 3.63) is 40.2 Å². The van der Waals surface area contributed by atoms with E-state index < -0.39 is 68.5 Å². The largest absolute Gasteiger partial charge is 0.480 e. The van der Waals surface area contributed by atoms with Gasteiger partial charge in [-0.3, -0.25) is 53.2 Å². The van der Waals surface area contributed by atoms with Gasteiger partial charge in [0.25, 0.3) is 0 Å². The number of fused-ring (bicyclic) bond motifs is 1. The van der Waals surface area contributed by atoms with E-state index >= 15 is 0 Å². The molecule has 0 aliphatic carbocycles. The molecule has 18 nitrogen and oxygen atoms in total. The summed E-state index contributed by atoms with van der Waals surface area (Å²) in [5, 5.41) is 49.6. The van der Waals surface area contributed by atoms with E-state index in [-0.39, 0.29) is 51.4 Å². The summed E-state index contributed by atoms with van der Waals surface area (Å²) < 4.78 is 0. The Morgan fingerprint density at radius 1 is 0.609 bits per heavy atom. The summed E-state index contributed by atoms with van der Waals surface area (Å²) in [7, 11) is 0. The second-order valence-corrected chi connectivity index (χ2v) is 10.6. The van der Waals surface area contributed by atoms with Crippen LogP contribution in [0.4, 0.5) is 5.69 Å². The zero-order chi connectivity index (χ0) is 34.4. The molecule has 0 atom stereocenters. The van der Waals surface area contributed by atoms with Gasteiger partial charge in [-0.2, -0.15) is 0 Å². The van der Waals surface area contributed by atoms with E-state index in [1.54, 1.807) is 25.1 Å². The van der Waals surface area contributed by atoms with Gasteiger partial charge in [0.15, 0.2) is 0 Å². The maximum absolute atomic E-state index is 12.9. The van der Waals surface area contributed by atoms with Gasteiger partial charge in [0.05, 0.1) is 44.8 Å². The minimum Gasteiger partial charge on any atom is -0.480 e. The summed E-state index contributed by atoms with van der Waals surface area (Å²) in [6, 6.07) is 6.30. The fourth-order valence-electron chi connectivity index (χ4n) is 4.71. The van der Waals surface area contributed by atoms with Gasteiger partial charge in [0.2, 0.25) is 11.5 Å². The molecule has 18 heteroatoms. The first-order valence-electron chi connectivity index (χ1n) is 14.0. The lowest BCUT2D eigenvalue weighted by molar-refractivity contribution is -0.143. The number of anilines is 1. The maximum Gasteiger partial charge on any atom is 0.317 e. The standard InChI is InChI=1S/C28H38N6O12/c1-18-10-19(11-21-20(18)2-3-22(35)30-21)29-23(36)12-33(15-26(41)42)8-6-31(13-24(37)38)4-5-32(14-25(39)40)7-9-34(16-27(43)44)17-28(45)46/h2-3,10-11H,4-9,12-17H2,1H3,(H,29,36)(H,30,35)(H,37,38)(H,39,40)(H,41,42)(H,43,44)(H,45,46). The first-order valence-corrected chi connectivity index (χ1v) is 14.0. The predicted octanol–water partition coefficient (Wildman–Crippen LogP) is -1.59. The number of hydrogen-bond acceptors (Lipinski definition) is 11. The molecule has 0 spiro atoms. The van der Waals surface area contributed by atoms with Gasteiger partial charge in [0.1, 0.15) is 0 Å². The third-order valence-electron chi connectivity index (χ3n) is 6.69. The molecular weight excluding hydrogens is 612 g/mol. The van der Waals surface area contributed by atoms with Crippen LogP contribution in [-0.4, -0.2) is 164 Å². The Kier molecular flexibility index (Phi) is 14.7. The molecule has 252 valence electrons. The number of rotatable bonds is 22. The second kappa shape index (κ2) is 18.2. The van der Waals surface area contributed by atoms with Crippen LogP contribution >= 0.6 is 0 Å². The van der Waals surface area contributed by atoms with E-state index in [0.29, 0.717) is 11.2 Å². The summed E-state index contributed by atoms with van der Waals surface area (Å²) in [4.78, 5) is 89.1. The molecule has 46 heavy (non-hydrogen) atoms. The van der Waals surface area contributed by atoms with E-state index in [1.165, 1.54) is 20.8 Å². The summed E-state index contributed by atoms with van der Waals surface area (Å²) in [5.41, 5.74) is 1.34. The van der Waals surface area contributed by atoms with Gasteiger partial charge in [-0.1, -0.05) is 0 Å². The van der Waals surface area contributed by atoms with Crippen LogP contribution in [-0.2, 0) is 28.8 Å². The van der Waals surface area contributed by atoms with Crippen molar-refractivity contribution in [2.75, 3.05) is 83.9 Å². The molecule has 2 rings (SSSR count). The van der Waals surface area contributed by atoms with Crippen LogP contribution in [0.25, 0.3) is 10.9 Å². The van der Waals surface area contributed by atoms with Crippen LogP contribution in [0.3, 0.4) is 0 Å². The minimum atomic E-state index is -1.26. The van der Waals surface area contributed by atoms with Crippen LogP contribution in [0.5, 0.6) is 0 Å². The average molecular weight is 651 g/mol. The number of pyridine rings is 1. The quantitative estimate of drug-likeness (QED) is 0.0757. The Labute approximate surface area is 262 Å². The Hall–Kier alpha value is -4.91. The van der Waals surface area contributed by atoms with Crippen molar-refractivity contribution in [2.24, 2.45) is 0 Å². The van der Waals surface area contributed by atoms with Crippen LogP contribution in [0, 0.1) is 6.92 Å². The topological polar surface area (TPSA) is 261 Å².